The third kappa shape index (κ3) is 5.06. The van der Waals surface area contributed by atoms with Gasteiger partial charge in [-0.1, -0.05) is 30.3 Å². The van der Waals surface area contributed by atoms with Crippen LogP contribution in [0.1, 0.15) is 12.0 Å². The van der Waals surface area contributed by atoms with Crippen molar-refractivity contribution >= 4 is 21.6 Å². The van der Waals surface area contributed by atoms with Gasteiger partial charge in [0.25, 0.3) is 0 Å². The first-order chi connectivity index (χ1) is 8.06. The van der Waals surface area contributed by atoms with E-state index in [0.717, 1.165) is 12.8 Å². The maximum Gasteiger partial charge on any atom is 0.215 e. The highest BCUT2D eigenvalue weighted by atomic mass is 35.5. The molecule has 0 amide bonds. The van der Waals surface area contributed by atoms with E-state index in [1.165, 1.54) is 9.87 Å². The summed E-state index contributed by atoms with van der Waals surface area (Å²) in [5, 5.41) is 0. The Balaban J connectivity index is 2.37. The largest absolute Gasteiger partial charge is 0.215 e. The fourth-order valence-electron chi connectivity index (χ4n) is 1.54. The van der Waals surface area contributed by atoms with Crippen molar-refractivity contribution in [2.75, 3.05) is 25.2 Å². The van der Waals surface area contributed by atoms with E-state index in [2.05, 4.69) is 0 Å². The van der Waals surface area contributed by atoms with Gasteiger partial charge in [0.2, 0.25) is 10.0 Å². The molecule has 0 heterocycles. The van der Waals surface area contributed by atoms with E-state index < -0.39 is 10.0 Å². The van der Waals surface area contributed by atoms with Gasteiger partial charge in [0.15, 0.2) is 0 Å². The van der Waals surface area contributed by atoms with Gasteiger partial charge >= 0.3 is 0 Å². The predicted molar refractivity (Wildman–Crippen MR) is 71.9 cm³/mol. The van der Waals surface area contributed by atoms with Crippen molar-refractivity contribution < 1.29 is 8.42 Å². The maximum atomic E-state index is 11.6. The highest BCUT2D eigenvalue weighted by Gasteiger charge is 2.15. The van der Waals surface area contributed by atoms with Crippen molar-refractivity contribution in [3.05, 3.63) is 35.9 Å². The van der Waals surface area contributed by atoms with Crippen LogP contribution in [0.4, 0.5) is 0 Å². The van der Waals surface area contributed by atoms with E-state index in [4.69, 9.17) is 11.6 Å². The number of nitrogens with zero attached hydrogens (tertiary/aromatic N) is 1. The molecule has 0 N–H and O–H groups in total. The number of alkyl halides is 1. The van der Waals surface area contributed by atoms with E-state index in [9.17, 15) is 8.42 Å². The number of hydrogen-bond acceptors (Lipinski definition) is 2. The lowest BCUT2D eigenvalue weighted by Crippen LogP contribution is -2.30. The van der Waals surface area contributed by atoms with Crippen LogP contribution in [-0.2, 0) is 16.4 Å². The molecule has 0 aliphatic carbocycles. The second kappa shape index (κ2) is 6.99. The van der Waals surface area contributed by atoms with Gasteiger partial charge in [-0.3, -0.25) is 0 Å². The van der Waals surface area contributed by atoms with Gasteiger partial charge in [0.05, 0.1) is 5.75 Å². The van der Waals surface area contributed by atoms with Gasteiger partial charge in [-0.25, -0.2) is 12.7 Å². The molecule has 0 unspecified atom stereocenters. The van der Waals surface area contributed by atoms with Crippen LogP contribution < -0.4 is 0 Å². The molecule has 1 aromatic rings. The lowest BCUT2D eigenvalue weighted by atomic mass is 10.1. The number of benzene rings is 1. The van der Waals surface area contributed by atoms with E-state index in [-0.39, 0.29) is 11.6 Å². The quantitative estimate of drug-likeness (QED) is 0.715. The van der Waals surface area contributed by atoms with E-state index in [1.54, 1.807) is 7.05 Å². The van der Waals surface area contributed by atoms with Crippen molar-refractivity contribution in [3.8, 4) is 0 Å². The Bertz CT molecular complexity index is 419. The Morgan fingerprint density at radius 3 is 2.47 bits per heavy atom. The number of halogens is 1. The van der Waals surface area contributed by atoms with Crippen LogP contribution in [0, 0.1) is 0 Å². The van der Waals surface area contributed by atoms with Crippen LogP contribution in [0.2, 0.25) is 0 Å². The first-order valence-corrected chi connectivity index (χ1v) is 7.74. The third-order valence-electron chi connectivity index (χ3n) is 2.59. The molecule has 0 aromatic heterocycles. The summed E-state index contributed by atoms with van der Waals surface area (Å²) in [6.45, 7) is 0.536. The van der Waals surface area contributed by atoms with Crippen molar-refractivity contribution in [1.82, 2.24) is 4.31 Å². The van der Waals surface area contributed by atoms with Gasteiger partial charge in [-0.05, 0) is 18.4 Å². The first-order valence-electron chi connectivity index (χ1n) is 5.60. The number of sulfonamides is 1. The van der Waals surface area contributed by atoms with Gasteiger partial charge in [-0.2, -0.15) is 0 Å². The summed E-state index contributed by atoms with van der Waals surface area (Å²) in [7, 11) is -1.56. The molecule has 17 heavy (non-hydrogen) atoms. The summed E-state index contributed by atoms with van der Waals surface area (Å²) in [5.74, 6) is 0.155. The molecule has 0 saturated carbocycles. The fourth-order valence-corrected chi connectivity index (χ4v) is 3.04. The molecule has 3 nitrogen and oxygen atoms in total. The monoisotopic (exact) mass is 275 g/mol. The average molecular weight is 276 g/mol. The van der Waals surface area contributed by atoms with Gasteiger partial charge < -0.3 is 0 Å². The lowest BCUT2D eigenvalue weighted by Gasteiger charge is -2.16. The molecule has 0 aliphatic heterocycles. The summed E-state index contributed by atoms with van der Waals surface area (Å²) in [5.41, 5.74) is 1.23. The molecule has 0 bridgehead atoms. The minimum Gasteiger partial charge on any atom is -0.212 e. The normalized spacial score (nSPS) is 11.9. The van der Waals surface area contributed by atoms with E-state index >= 15 is 0 Å². The molecular weight excluding hydrogens is 258 g/mol. The highest BCUT2D eigenvalue weighted by molar-refractivity contribution is 7.89. The lowest BCUT2D eigenvalue weighted by molar-refractivity contribution is 0.462. The molecule has 1 aromatic carbocycles. The second-order valence-corrected chi connectivity index (χ2v) is 6.49. The molecule has 0 radical (unpaired) electrons. The first kappa shape index (κ1) is 14.5. The predicted octanol–water partition coefficient (Wildman–Crippen LogP) is 2.12. The summed E-state index contributed by atoms with van der Waals surface area (Å²) < 4.78 is 24.6. The van der Waals surface area contributed by atoms with Crippen LogP contribution >= 0.6 is 11.6 Å². The molecule has 96 valence electrons. The van der Waals surface area contributed by atoms with Gasteiger partial charge in [0.1, 0.15) is 0 Å². The Labute approximate surface area is 108 Å². The summed E-state index contributed by atoms with van der Waals surface area (Å²) in [6.07, 6.45) is 1.71. The molecular formula is C12H18ClNO2S. The van der Waals surface area contributed by atoms with Crippen LogP contribution in [0.25, 0.3) is 0 Å². The molecule has 0 saturated heterocycles. The Morgan fingerprint density at radius 2 is 1.88 bits per heavy atom. The molecule has 0 fully saturated rings. The summed E-state index contributed by atoms with van der Waals surface area (Å²) in [4.78, 5) is 0. The zero-order valence-corrected chi connectivity index (χ0v) is 11.5. The minimum atomic E-state index is -3.16. The molecule has 0 aliphatic rings. The topological polar surface area (TPSA) is 37.4 Å². The fraction of sp³-hybridized carbons (Fsp3) is 0.500. The summed E-state index contributed by atoms with van der Waals surface area (Å²) in [6, 6.07) is 10.0. The second-order valence-electron chi connectivity index (χ2n) is 3.92. The molecule has 0 atom stereocenters. The van der Waals surface area contributed by atoms with Crippen molar-refractivity contribution in [3.63, 3.8) is 0 Å². The van der Waals surface area contributed by atoms with Crippen LogP contribution in [0.5, 0.6) is 0 Å². The Hall–Kier alpha value is -0.580. The maximum absolute atomic E-state index is 11.6. The van der Waals surface area contributed by atoms with E-state index in [0.29, 0.717) is 6.54 Å². The summed E-state index contributed by atoms with van der Waals surface area (Å²) >= 11 is 5.45. The number of aryl methyl sites for hydroxylation is 1. The smallest absolute Gasteiger partial charge is 0.212 e. The SMILES string of the molecule is CN(CCCc1ccccc1)S(=O)(=O)CCCl. The Morgan fingerprint density at radius 1 is 1.24 bits per heavy atom. The van der Waals surface area contributed by atoms with Crippen LogP contribution in [0.3, 0.4) is 0 Å². The minimum absolute atomic E-state index is 0.0103. The number of hydrogen-bond donors (Lipinski definition) is 0. The highest BCUT2D eigenvalue weighted by Crippen LogP contribution is 2.05. The third-order valence-corrected chi connectivity index (χ3v) is 4.86. The number of rotatable bonds is 7. The Kier molecular flexibility index (Phi) is 5.95. The van der Waals surface area contributed by atoms with Crippen LogP contribution in [-0.4, -0.2) is 37.9 Å². The van der Waals surface area contributed by atoms with Crippen molar-refractivity contribution in [1.29, 1.82) is 0 Å². The standard InChI is InChI=1S/C12H18ClNO2S/c1-14(17(15,16)11-9-13)10-5-8-12-6-3-2-4-7-12/h2-4,6-7H,5,8-11H2,1H3. The molecule has 1 rings (SSSR count). The zero-order valence-electron chi connectivity index (χ0n) is 9.97. The zero-order chi connectivity index (χ0) is 12.7. The van der Waals surface area contributed by atoms with Crippen LogP contribution in [0.15, 0.2) is 30.3 Å². The molecule has 0 spiro atoms. The van der Waals surface area contributed by atoms with Crippen molar-refractivity contribution in [2.24, 2.45) is 0 Å². The average Bonchev–Trinajstić information content (AvgIpc) is 2.30. The van der Waals surface area contributed by atoms with Gasteiger partial charge in [0, 0.05) is 19.5 Å². The van der Waals surface area contributed by atoms with E-state index in [1.807, 2.05) is 30.3 Å². The molecule has 5 heteroatoms. The van der Waals surface area contributed by atoms with Crippen molar-refractivity contribution in [2.45, 2.75) is 12.8 Å². The van der Waals surface area contributed by atoms with Gasteiger partial charge in [-0.15, -0.1) is 11.6 Å².